The number of nitrogens with two attached hydrogens (primary N) is 1. The van der Waals surface area contributed by atoms with E-state index in [1.165, 1.54) is 0 Å². The van der Waals surface area contributed by atoms with Crippen LogP contribution in [0, 0.1) is 0 Å². The normalized spacial score (nSPS) is 13.1. The topological polar surface area (TPSA) is 43.8 Å². The number of nitrogens with zero attached hydrogens (tertiary/aromatic N) is 2. The summed E-state index contributed by atoms with van der Waals surface area (Å²) in [5, 5.41) is 0. The first-order valence-corrected chi connectivity index (χ1v) is 5.99. The highest BCUT2D eigenvalue weighted by Crippen LogP contribution is 2.28. The van der Waals surface area contributed by atoms with Crippen molar-refractivity contribution < 1.29 is 0 Å². The van der Waals surface area contributed by atoms with E-state index in [9.17, 15) is 0 Å². The molecule has 0 radical (unpaired) electrons. The van der Waals surface area contributed by atoms with Gasteiger partial charge in [-0.3, -0.25) is 0 Å². The zero-order chi connectivity index (χ0) is 12.3. The first-order valence-electron chi connectivity index (χ1n) is 5.99. The van der Waals surface area contributed by atoms with Crippen molar-refractivity contribution in [2.45, 2.75) is 52.5 Å². The minimum Gasteiger partial charge on any atom is -0.384 e. The van der Waals surface area contributed by atoms with Crippen LogP contribution in [0.1, 0.15) is 57.5 Å². The molecule has 16 heavy (non-hydrogen) atoms. The summed E-state index contributed by atoms with van der Waals surface area (Å²) in [7, 11) is 0. The third-order valence-electron chi connectivity index (χ3n) is 2.97. The van der Waals surface area contributed by atoms with E-state index in [2.05, 4.69) is 43.8 Å². The molecule has 0 aromatic carbocycles. The van der Waals surface area contributed by atoms with E-state index >= 15 is 0 Å². The zero-order valence-corrected chi connectivity index (χ0v) is 10.8. The SMILES string of the molecule is C=CCn1c(C(C)C)nc(C(C)CC)c1N. The number of hydrogen-bond acceptors (Lipinski definition) is 2. The molecule has 0 aliphatic rings. The Labute approximate surface area is 98.4 Å². The molecule has 0 aliphatic heterocycles. The van der Waals surface area contributed by atoms with Gasteiger partial charge in [-0.25, -0.2) is 4.98 Å². The van der Waals surface area contributed by atoms with Crippen LogP contribution in [0.5, 0.6) is 0 Å². The van der Waals surface area contributed by atoms with Crippen LogP contribution in [0.15, 0.2) is 12.7 Å². The lowest BCUT2D eigenvalue weighted by molar-refractivity contribution is 0.678. The molecule has 0 amide bonds. The molecule has 2 N–H and O–H groups in total. The Hall–Kier alpha value is -1.25. The molecule has 1 aromatic heterocycles. The minimum atomic E-state index is 0.389. The number of rotatable bonds is 5. The van der Waals surface area contributed by atoms with Gasteiger partial charge in [0.1, 0.15) is 11.6 Å². The Kier molecular flexibility index (Phi) is 4.16. The Morgan fingerprint density at radius 2 is 2.06 bits per heavy atom. The molecular formula is C13H23N3. The molecular weight excluding hydrogens is 198 g/mol. The van der Waals surface area contributed by atoms with Gasteiger partial charge in [0.2, 0.25) is 0 Å². The Morgan fingerprint density at radius 1 is 1.44 bits per heavy atom. The summed E-state index contributed by atoms with van der Waals surface area (Å²) in [5.41, 5.74) is 7.19. The molecule has 3 heteroatoms. The van der Waals surface area contributed by atoms with Crippen LogP contribution in [-0.4, -0.2) is 9.55 Å². The van der Waals surface area contributed by atoms with Crippen molar-refractivity contribution in [2.75, 3.05) is 5.73 Å². The molecule has 1 heterocycles. The van der Waals surface area contributed by atoms with Crippen LogP contribution in [0.25, 0.3) is 0 Å². The van der Waals surface area contributed by atoms with Gasteiger partial charge in [0, 0.05) is 18.4 Å². The summed E-state index contributed by atoms with van der Waals surface area (Å²) in [6.07, 6.45) is 2.93. The number of anilines is 1. The highest BCUT2D eigenvalue weighted by Gasteiger charge is 2.19. The second-order valence-corrected chi connectivity index (χ2v) is 4.60. The van der Waals surface area contributed by atoms with Crippen molar-refractivity contribution in [3.8, 4) is 0 Å². The molecule has 90 valence electrons. The van der Waals surface area contributed by atoms with Gasteiger partial charge in [-0.2, -0.15) is 0 Å². The van der Waals surface area contributed by atoms with Crippen molar-refractivity contribution in [1.82, 2.24) is 9.55 Å². The first kappa shape index (κ1) is 12.8. The summed E-state index contributed by atoms with van der Waals surface area (Å²) >= 11 is 0. The molecule has 0 bridgehead atoms. The maximum atomic E-state index is 6.16. The predicted molar refractivity (Wildman–Crippen MR) is 69.6 cm³/mol. The molecule has 0 saturated heterocycles. The van der Waals surface area contributed by atoms with Crippen LogP contribution in [0.2, 0.25) is 0 Å². The fourth-order valence-electron chi connectivity index (χ4n) is 1.82. The fraction of sp³-hybridized carbons (Fsp3) is 0.615. The van der Waals surface area contributed by atoms with Crippen molar-refractivity contribution in [3.63, 3.8) is 0 Å². The van der Waals surface area contributed by atoms with E-state index in [1.807, 2.05) is 6.08 Å². The fourth-order valence-corrected chi connectivity index (χ4v) is 1.82. The second-order valence-electron chi connectivity index (χ2n) is 4.60. The average molecular weight is 221 g/mol. The number of allylic oxidation sites excluding steroid dienone is 1. The largest absolute Gasteiger partial charge is 0.384 e. The average Bonchev–Trinajstić information content (AvgIpc) is 2.57. The summed E-state index contributed by atoms with van der Waals surface area (Å²) in [6, 6.07) is 0. The van der Waals surface area contributed by atoms with E-state index < -0.39 is 0 Å². The van der Waals surface area contributed by atoms with Gasteiger partial charge >= 0.3 is 0 Å². The van der Waals surface area contributed by atoms with Crippen molar-refractivity contribution >= 4 is 5.82 Å². The number of hydrogen-bond donors (Lipinski definition) is 1. The third kappa shape index (κ3) is 2.29. The van der Waals surface area contributed by atoms with Crippen LogP contribution in [0.4, 0.5) is 5.82 Å². The number of aromatic nitrogens is 2. The third-order valence-corrected chi connectivity index (χ3v) is 2.97. The lowest BCUT2D eigenvalue weighted by Gasteiger charge is -2.09. The lowest BCUT2D eigenvalue weighted by Crippen LogP contribution is -2.07. The quantitative estimate of drug-likeness (QED) is 0.775. The number of nitrogen functional groups attached to an aromatic ring is 1. The van der Waals surface area contributed by atoms with Crippen molar-refractivity contribution in [2.24, 2.45) is 0 Å². The molecule has 1 rings (SSSR count). The van der Waals surface area contributed by atoms with Gasteiger partial charge in [0.15, 0.2) is 0 Å². The first-order chi connectivity index (χ1) is 7.52. The monoisotopic (exact) mass is 221 g/mol. The number of imidazole rings is 1. The van der Waals surface area contributed by atoms with Crippen LogP contribution >= 0.6 is 0 Å². The van der Waals surface area contributed by atoms with Crippen molar-refractivity contribution in [3.05, 3.63) is 24.2 Å². The van der Waals surface area contributed by atoms with E-state index in [0.717, 1.165) is 30.3 Å². The maximum absolute atomic E-state index is 6.16. The van der Waals surface area contributed by atoms with E-state index in [0.29, 0.717) is 11.8 Å². The molecule has 0 spiro atoms. The predicted octanol–water partition coefficient (Wildman–Crippen LogP) is 3.29. The Morgan fingerprint density at radius 3 is 2.50 bits per heavy atom. The van der Waals surface area contributed by atoms with Gasteiger partial charge in [0.25, 0.3) is 0 Å². The molecule has 1 aromatic rings. The lowest BCUT2D eigenvalue weighted by atomic mass is 10.1. The minimum absolute atomic E-state index is 0.389. The molecule has 3 nitrogen and oxygen atoms in total. The molecule has 0 saturated carbocycles. The second kappa shape index (κ2) is 5.19. The highest BCUT2D eigenvalue weighted by molar-refractivity contribution is 5.41. The van der Waals surface area contributed by atoms with Crippen LogP contribution < -0.4 is 5.73 Å². The molecule has 0 aliphatic carbocycles. The Bertz CT molecular complexity index is 363. The molecule has 1 unspecified atom stereocenters. The van der Waals surface area contributed by atoms with E-state index in [4.69, 9.17) is 5.73 Å². The van der Waals surface area contributed by atoms with Crippen LogP contribution in [-0.2, 0) is 6.54 Å². The van der Waals surface area contributed by atoms with Gasteiger partial charge in [-0.1, -0.05) is 33.8 Å². The zero-order valence-electron chi connectivity index (χ0n) is 10.8. The van der Waals surface area contributed by atoms with Crippen LogP contribution in [0.3, 0.4) is 0 Å². The van der Waals surface area contributed by atoms with Gasteiger partial charge in [-0.05, 0) is 6.42 Å². The highest BCUT2D eigenvalue weighted by atomic mass is 15.1. The summed E-state index contributed by atoms with van der Waals surface area (Å²) in [6.45, 7) is 13.1. The van der Waals surface area contributed by atoms with Gasteiger partial charge in [-0.15, -0.1) is 6.58 Å². The van der Waals surface area contributed by atoms with E-state index in [-0.39, 0.29) is 0 Å². The van der Waals surface area contributed by atoms with E-state index in [1.54, 1.807) is 0 Å². The van der Waals surface area contributed by atoms with Gasteiger partial charge < -0.3 is 10.3 Å². The standard InChI is InChI=1S/C13H23N3/c1-6-8-16-12(14)11(10(5)7-2)15-13(16)9(3)4/h6,9-10H,1,7-8,14H2,2-5H3. The summed E-state index contributed by atoms with van der Waals surface area (Å²) in [4.78, 5) is 4.69. The smallest absolute Gasteiger partial charge is 0.127 e. The Balaban J connectivity index is 3.23. The summed E-state index contributed by atoms with van der Waals surface area (Å²) < 4.78 is 2.07. The van der Waals surface area contributed by atoms with Gasteiger partial charge in [0.05, 0.1) is 5.69 Å². The molecule has 0 fully saturated rings. The summed E-state index contributed by atoms with van der Waals surface area (Å²) in [5.74, 6) is 2.68. The molecule has 1 atom stereocenters. The maximum Gasteiger partial charge on any atom is 0.127 e. The van der Waals surface area contributed by atoms with Crippen molar-refractivity contribution in [1.29, 1.82) is 0 Å².